The summed E-state index contributed by atoms with van der Waals surface area (Å²) in [6.45, 7) is 2.05. The van der Waals surface area contributed by atoms with Crippen LogP contribution in [0.1, 0.15) is 5.56 Å². The number of benzene rings is 3. The minimum absolute atomic E-state index is 0.116. The third-order valence-corrected chi connectivity index (χ3v) is 4.87. The van der Waals surface area contributed by atoms with Crippen LogP contribution in [-0.4, -0.2) is 4.98 Å². The summed E-state index contributed by atoms with van der Waals surface area (Å²) in [5, 5.41) is 0.646. The molecule has 0 atom stereocenters. The second kappa shape index (κ2) is 7.26. The topological polar surface area (TPSA) is 32.9 Å². The molecule has 1 heterocycles. The fourth-order valence-corrected chi connectivity index (χ4v) is 3.32. The van der Waals surface area contributed by atoms with E-state index in [0.717, 1.165) is 27.9 Å². The largest absolute Gasteiger partial charge is 0.321 e. The van der Waals surface area contributed by atoms with Crippen LogP contribution in [-0.2, 0) is 0 Å². The van der Waals surface area contributed by atoms with Gasteiger partial charge in [-0.15, -0.1) is 0 Å². The van der Waals surface area contributed by atoms with Crippen molar-refractivity contribution in [1.82, 2.24) is 4.98 Å². The van der Waals surface area contributed by atoms with Gasteiger partial charge in [0.25, 0.3) is 5.56 Å². The van der Waals surface area contributed by atoms with Gasteiger partial charge in [0.15, 0.2) is 0 Å². The maximum absolute atomic E-state index is 13.1. The monoisotopic (exact) mass is 371 g/mol. The lowest BCUT2D eigenvalue weighted by Gasteiger charge is -2.13. The van der Waals surface area contributed by atoms with Crippen molar-refractivity contribution in [2.45, 2.75) is 6.92 Å². The average Bonchev–Trinajstić information content (AvgIpc) is 2.70. The average molecular weight is 372 g/mol. The maximum Gasteiger partial charge on any atom is 0.256 e. The number of pyridine rings is 1. The van der Waals surface area contributed by atoms with E-state index < -0.39 is 0 Å². The summed E-state index contributed by atoms with van der Waals surface area (Å²) in [6, 6.07) is 27.5. The zero-order chi connectivity index (χ0) is 18.8. The number of hydrogen-bond donors (Lipinski definition) is 1. The summed E-state index contributed by atoms with van der Waals surface area (Å²) in [4.78, 5) is 16.1. The zero-order valence-electron chi connectivity index (χ0n) is 14.9. The van der Waals surface area contributed by atoms with Crippen molar-refractivity contribution in [2.75, 3.05) is 0 Å². The summed E-state index contributed by atoms with van der Waals surface area (Å²) in [5.41, 5.74) is 6.24. The van der Waals surface area contributed by atoms with Gasteiger partial charge in [-0.1, -0.05) is 83.9 Å². The molecule has 3 aromatic carbocycles. The predicted molar refractivity (Wildman–Crippen MR) is 113 cm³/mol. The summed E-state index contributed by atoms with van der Waals surface area (Å²) in [5.74, 6) is 0. The first-order valence-corrected chi connectivity index (χ1v) is 9.15. The first kappa shape index (κ1) is 17.3. The molecule has 4 aromatic rings. The highest BCUT2D eigenvalue weighted by atomic mass is 35.5. The molecular formula is C24H18ClNO. The van der Waals surface area contributed by atoms with Gasteiger partial charge in [-0.2, -0.15) is 0 Å². The third kappa shape index (κ3) is 3.57. The van der Waals surface area contributed by atoms with E-state index in [0.29, 0.717) is 10.6 Å². The van der Waals surface area contributed by atoms with E-state index in [1.54, 1.807) is 12.1 Å². The van der Waals surface area contributed by atoms with Crippen molar-refractivity contribution in [3.05, 3.63) is 106 Å². The van der Waals surface area contributed by atoms with Gasteiger partial charge in [0.2, 0.25) is 0 Å². The van der Waals surface area contributed by atoms with E-state index in [1.165, 1.54) is 5.56 Å². The van der Waals surface area contributed by atoms with Crippen molar-refractivity contribution in [1.29, 1.82) is 0 Å². The van der Waals surface area contributed by atoms with Crippen LogP contribution < -0.4 is 5.56 Å². The van der Waals surface area contributed by atoms with E-state index in [9.17, 15) is 4.79 Å². The van der Waals surface area contributed by atoms with Crippen molar-refractivity contribution in [3.63, 3.8) is 0 Å². The smallest absolute Gasteiger partial charge is 0.256 e. The number of halogens is 1. The molecule has 0 aliphatic rings. The number of aryl methyl sites for hydroxylation is 1. The number of hydrogen-bond acceptors (Lipinski definition) is 1. The first-order chi connectivity index (χ1) is 13.1. The van der Waals surface area contributed by atoms with Crippen LogP contribution in [0.15, 0.2) is 89.7 Å². The van der Waals surface area contributed by atoms with E-state index in [1.807, 2.05) is 48.5 Å². The molecule has 0 aliphatic carbocycles. The van der Waals surface area contributed by atoms with Gasteiger partial charge in [0.1, 0.15) is 0 Å². The standard InChI is InChI=1S/C24H18ClNO/c1-16-7-9-17(10-8-16)21-15-22(18-5-3-2-4-6-18)26-24(27)23(21)19-11-13-20(25)14-12-19/h2-15H,1H3,(H,26,27). The summed E-state index contributed by atoms with van der Waals surface area (Å²) in [7, 11) is 0. The van der Waals surface area contributed by atoms with Crippen LogP contribution in [0, 0.1) is 6.92 Å². The molecule has 0 unspecified atom stereocenters. The Morgan fingerprint density at radius 2 is 1.37 bits per heavy atom. The molecule has 0 spiro atoms. The second-order valence-electron chi connectivity index (χ2n) is 6.54. The molecule has 1 aromatic heterocycles. The van der Waals surface area contributed by atoms with E-state index in [4.69, 9.17) is 11.6 Å². The molecular weight excluding hydrogens is 354 g/mol. The number of H-pyrrole nitrogens is 1. The lowest BCUT2D eigenvalue weighted by Crippen LogP contribution is -2.11. The van der Waals surface area contributed by atoms with Crippen LogP contribution in [0.4, 0.5) is 0 Å². The molecule has 2 nitrogen and oxygen atoms in total. The Balaban J connectivity index is 1.99. The van der Waals surface area contributed by atoms with Gasteiger partial charge in [0, 0.05) is 10.7 Å². The Labute approximate surface area is 163 Å². The van der Waals surface area contributed by atoms with Crippen LogP contribution in [0.25, 0.3) is 33.5 Å². The van der Waals surface area contributed by atoms with Crippen LogP contribution in [0.5, 0.6) is 0 Å². The summed E-state index contributed by atoms with van der Waals surface area (Å²) < 4.78 is 0. The molecule has 0 radical (unpaired) electrons. The summed E-state index contributed by atoms with van der Waals surface area (Å²) >= 11 is 6.03. The third-order valence-electron chi connectivity index (χ3n) is 4.61. The molecule has 0 amide bonds. The van der Waals surface area contributed by atoms with E-state index >= 15 is 0 Å². The Morgan fingerprint density at radius 3 is 2.04 bits per heavy atom. The van der Waals surface area contributed by atoms with Crippen LogP contribution in [0.3, 0.4) is 0 Å². The molecule has 0 aliphatic heterocycles. The normalized spacial score (nSPS) is 10.7. The summed E-state index contributed by atoms with van der Waals surface area (Å²) in [6.07, 6.45) is 0. The molecule has 0 saturated heterocycles. The van der Waals surface area contributed by atoms with Crippen molar-refractivity contribution < 1.29 is 0 Å². The fraction of sp³-hybridized carbons (Fsp3) is 0.0417. The van der Waals surface area contributed by atoms with E-state index in [2.05, 4.69) is 36.2 Å². The van der Waals surface area contributed by atoms with Gasteiger partial charge >= 0.3 is 0 Å². The lowest BCUT2D eigenvalue weighted by molar-refractivity contribution is 1.24. The quantitative estimate of drug-likeness (QED) is 0.448. The van der Waals surface area contributed by atoms with Gasteiger partial charge in [-0.05, 0) is 47.4 Å². The molecule has 0 saturated carbocycles. The van der Waals surface area contributed by atoms with Gasteiger partial charge in [-0.3, -0.25) is 4.79 Å². The van der Waals surface area contributed by atoms with Gasteiger partial charge in [0.05, 0.1) is 5.56 Å². The second-order valence-corrected chi connectivity index (χ2v) is 6.98. The lowest BCUT2D eigenvalue weighted by atomic mass is 9.94. The Hall–Kier alpha value is -3.10. The molecule has 0 bridgehead atoms. The van der Waals surface area contributed by atoms with Crippen molar-refractivity contribution in [3.8, 4) is 33.5 Å². The molecule has 3 heteroatoms. The number of aromatic amines is 1. The Morgan fingerprint density at radius 1 is 0.741 bits per heavy atom. The fourth-order valence-electron chi connectivity index (χ4n) is 3.20. The number of aromatic nitrogens is 1. The van der Waals surface area contributed by atoms with Gasteiger partial charge < -0.3 is 4.98 Å². The SMILES string of the molecule is Cc1ccc(-c2cc(-c3ccccc3)[nH]c(=O)c2-c2ccc(Cl)cc2)cc1. The van der Waals surface area contributed by atoms with Gasteiger partial charge in [-0.25, -0.2) is 0 Å². The number of nitrogens with one attached hydrogen (secondary N) is 1. The van der Waals surface area contributed by atoms with Crippen LogP contribution >= 0.6 is 11.6 Å². The van der Waals surface area contributed by atoms with Crippen molar-refractivity contribution in [2.24, 2.45) is 0 Å². The highest BCUT2D eigenvalue weighted by Crippen LogP contribution is 2.32. The first-order valence-electron chi connectivity index (χ1n) is 8.77. The Bertz CT molecular complexity index is 1130. The Kier molecular flexibility index (Phi) is 4.66. The van der Waals surface area contributed by atoms with Crippen molar-refractivity contribution >= 4 is 11.6 Å². The molecule has 0 fully saturated rings. The zero-order valence-corrected chi connectivity index (χ0v) is 15.6. The minimum atomic E-state index is -0.116. The maximum atomic E-state index is 13.1. The molecule has 4 rings (SSSR count). The highest BCUT2D eigenvalue weighted by molar-refractivity contribution is 6.30. The molecule has 1 N–H and O–H groups in total. The molecule has 132 valence electrons. The van der Waals surface area contributed by atoms with Crippen LogP contribution in [0.2, 0.25) is 5.02 Å². The minimum Gasteiger partial charge on any atom is -0.321 e. The van der Waals surface area contributed by atoms with E-state index in [-0.39, 0.29) is 5.56 Å². The number of rotatable bonds is 3. The predicted octanol–water partition coefficient (Wildman–Crippen LogP) is 6.34. The highest BCUT2D eigenvalue weighted by Gasteiger charge is 2.14. The molecule has 27 heavy (non-hydrogen) atoms.